The number of methoxy groups -OCH3 is 2. The first kappa shape index (κ1) is 23.7. The summed E-state index contributed by atoms with van der Waals surface area (Å²) >= 11 is 4.65. The van der Waals surface area contributed by atoms with E-state index in [-0.39, 0.29) is 18.3 Å². The quantitative estimate of drug-likeness (QED) is 0.319. The second-order valence-electron chi connectivity index (χ2n) is 6.91. The highest BCUT2D eigenvalue weighted by Gasteiger charge is 2.24. The van der Waals surface area contributed by atoms with E-state index in [0.717, 1.165) is 15.7 Å². The van der Waals surface area contributed by atoms with Crippen molar-refractivity contribution < 1.29 is 28.2 Å². The Balaban J connectivity index is 1.45. The molecule has 10 heteroatoms. The van der Waals surface area contributed by atoms with Gasteiger partial charge in [-0.25, -0.2) is 9.79 Å². The highest BCUT2D eigenvalue weighted by molar-refractivity contribution is 9.10. The Kier molecular flexibility index (Phi) is 7.39. The smallest absolute Gasteiger partial charge is 0.373 e. The van der Waals surface area contributed by atoms with E-state index in [1.165, 1.54) is 32.0 Å². The molecule has 8 nitrogen and oxygen atoms in total. The van der Waals surface area contributed by atoms with Gasteiger partial charge in [0.15, 0.2) is 16.7 Å². The molecule has 0 unspecified atom stereocenters. The van der Waals surface area contributed by atoms with Crippen molar-refractivity contribution >= 4 is 56.5 Å². The van der Waals surface area contributed by atoms with Crippen LogP contribution in [0.4, 0.5) is 5.69 Å². The number of carbonyl (C=O) groups is 2. The van der Waals surface area contributed by atoms with Gasteiger partial charge < -0.3 is 23.9 Å². The average Bonchev–Trinajstić information content (AvgIpc) is 3.45. The van der Waals surface area contributed by atoms with Crippen LogP contribution in [-0.4, -0.2) is 31.3 Å². The number of aliphatic imine (C=N–C) groups is 1. The molecule has 1 aromatic heterocycles. The van der Waals surface area contributed by atoms with E-state index >= 15 is 0 Å². The third-order valence-corrected chi connectivity index (χ3v) is 6.05. The zero-order chi connectivity index (χ0) is 24.1. The number of thioether (sulfide) groups is 1. The van der Waals surface area contributed by atoms with Crippen LogP contribution in [0.3, 0.4) is 0 Å². The number of ether oxygens (including phenoxy) is 3. The Bertz CT molecular complexity index is 1280. The summed E-state index contributed by atoms with van der Waals surface area (Å²) in [5.41, 5.74) is 1.50. The van der Waals surface area contributed by atoms with E-state index in [9.17, 15) is 9.59 Å². The fourth-order valence-corrected chi connectivity index (χ4v) is 4.08. The number of amidine groups is 1. The molecule has 0 bridgehead atoms. The predicted octanol–water partition coefficient (Wildman–Crippen LogP) is 5.31. The summed E-state index contributed by atoms with van der Waals surface area (Å²) in [6, 6.07) is 16.0. The number of nitrogens with zero attached hydrogens (tertiary/aromatic N) is 1. The summed E-state index contributed by atoms with van der Waals surface area (Å²) in [5, 5.41) is 3.28. The summed E-state index contributed by atoms with van der Waals surface area (Å²) < 4.78 is 22.2. The van der Waals surface area contributed by atoms with Gasteiger partial charge in [-0.15, -0.1) is 0 Å². The number of amides is 1. The first-order valence-corrected chi connectivity index (χ1v) is 11.6. The molecule has 1 N–H and O–H groups in total. The Morgan fingerprint density at radius 3 is 2.65 bits per heavy atom. The van der Waals surface area contributed by atoms with E-state index in [2.05, 4.69) is 31.0 Å². The third-order valence-electron chi connectivity index (χ3n) is 4.61. The lowest BCUT2D eigenvalue weighted by atomic mass is 10.2. The molecule has 1 amide bonds. The lowest BCUT2D eigenvalue weighted by Crippen LogP contribution is -2.19. The van der Waals surface area contributed by atoms with Gasteiger partial charge >= 0.3 is 5.97 Å². The topological polar surface area (TPSA) is 99.4 Å². The van der Waals surface area contributed by atoms with Crippen LogP contribution in [0.1, 0.15) is 21.9 Å². The highest BCUT2D eigenvalue weighted by Crippen LogP contribution is 2.33. The molecule has 1 aliphatic rings. The Labute approximate surface area is 208 Å². The number of rotatable bonds is 7. The molecule has 2 aromatic carbocycles. The van der Waals surface area contributed by atoms with Crippen molar-refractivity contribution in [1.29, 1.82) is 0 Å². The average molecular weight is 543 g/mol. The van der Waals surface area contributed by atoms with E-state index in [4.69, 9.17) is 13.9 Å². The van der Waals surface area contributed by atoms with Crippen molar-refractivity contribution in [2.45, 2.75) is 6.61 Å². The SMILES string of the molecule is COC(=O)c1ccc(COc2ccc(C=C3SC(=Nc4ccc(Br)cc4)NC3=O)cc2OC)o1. The number of nitrogens with one attached hydrogen (secondary N) is 1. The minimum Gasteiger partial charge on any atom is -0.493 e. The molecule has 34 heavy (non-hydrogen) atoms. The lowest BCUT2D eigenvalue weighted by Gasteiger charge is -2.10. The molecule has 0 radical (unpaired) electrons. The molecule has 3 aromatic rings. The van der Waals surface area contributed by atoms with Crippen LogP contribution in [-0.2, 0) is 16.1 Å². The summed E-state index contributed by atoms with van der Waals surface area (Å²) in [6.07, 6.45) is 1.76. The first-order chi connectivity index (χ1) is 16.4. The van der Waals surface area contributed by atoms with Crippen molar-refractivity contribution in [3.8, 4) is 11.5 Å². The van der Waals surface area contributed by atoms with E-state index < -0.39 is 5.97 Å². The number of halogens is 1. The van der Waals surface area contributed by atoms with Crippen LogP contribution in [0.5, 0.6) is 11.5 Å². The van der Waals surface area contributed by atoms with Gasteiger partial charge in [0.1, 0.15) is 12.4 Å². The van der Waals surface area contributed by atoms with Gasteiger partial charge in [0, 0.05) is 4.47 Å². The highest BCUT2D eigenvalue weighted by atomic mass is 79.9. The van der Waals surface area contributed by atoms with Gasteiger partial charge in [0.2, 0.25) is 5.76 Å². The van der Waals surface area contributed by atoms with E-state index in [1.54, 1.807) is 24.3 Å². The second kappa shape index (κ2) is 10.6. The van der Waals surface area contributed by atoms with Crippen molar-refractivity contribution in [1.82, 2.24) is 5.32 Å². The fraction of sp³-hybridized carbons (Fsp3) is 0.125. The minimum atomic E-state index is -0.555. The lowest BCUT2D eigenvalue weighted by molar-refractivity contribution is -0.115. The molecule has 174 valence electrons. The van der Waals surface area contributed by atoms with Crippen LogP contribution in [0.25, 0.3) is 6.08 Å². The maximum absolute atomic E-state index is 12.4. The zero-order valence-electron chi connectivity index (χ0n) is 18.2. The predicted molar refractivity (Wildman–Crippen MR) is 132 cm³/mol. The first-order valence-electron chi connectivity index (χ1n) is 9.98. The molecule has 1 fully saturated rings. The van der Waals surface area contributed by atoms with Gasteiger partial charge in [-0.05, 0) is 71.9 Å². The van der Waals surface area contributed by atoms with Crippen molar-refractivity contribution in [2.75, 3.05) is 14.2 Å². The minimum absolute atomic E-state index is 0.0991. The fourth-order valence-electron chi connectivity index (χ4n) is 2.97. The maximum Gasteiger partial charge on any atom is 0.373 e. The normalized spacial score (nSPS) is 15.4. The van der Waals surface area contributed by atoms with E-state index in [1.807, 2.05) is 30.3 Å². The van der Waals surface area contributed by atoms with Crippen molar-refractivity contribution in [3.63, 3.8) is 0 Å². The number of hydrogen-bond donors (Lipinski definition) is 1. The van der Waals surface area contributed by atoms with Crippen LogP contribution < -0.4 is 14.8 Å². The summed E-state index contributed by atoms with van der Waals surface area (Å²) in [6.45, 7) is 0.0991. The van der Waals surface area contributed by atoms with Gasteiger partial charge in [-0.1, -0.05) is 22.0 Å². The number of hydrogen-bond acceptors (Lipinski definition) is 8. The molecular weight excluding hydrogens is 524 g/mol. The molecule has 1 saturated heterocycles. The van der Waals surface area contributed by atoms with Gasteiger partial charge in [0.25, 0.3) is 5.91 Å². The Morgan fingerprint density at radius 2 is 1.91 bits per heavy atom. The van der Waals surface area contributed by atoms with E-state index in [0.29, 0.717) is 27.3 Å². The van der Waals surface area contributed by atoms with Crippen molar-refractivity contribution in [3.05, 3.63) is 81.1 Å². The number of benzene rings is 2. The summed E-state index contributed by atoms with van der Waals surface area (Å²) in [7, 11) is 2.81. The monoisotopic (exact) mass is 542 g/mol. The number of esters is 1. The van der Waals surface area contributed by atoms with Crippen LogP contribution in [0, 0.1) is 0 Å². The van der Waals surface area contributed by atoms with Crippen LogP contribution in [0.2, 0.25) is 0 Å². The molecule has 0 aliphatic carbocycles. The Hall–Kier alpha value is -3.50. The van der Waals surface area contributed by atoms with Gasteiger partial charge in [-0.2, -0.15) is 0 Å². The largest absolute Gasteiger partial charge is 0.493 e. The molecule has 0 saturated carbocycles. The number of furan rings is 1. The molecular formula is C24H19BrN2O6S. The molecule has 4 rings (SSSR count). The molecule has 0 atom stereocenters. The van der Waals surface area contributed by atoms with Crippen molar-refractivity contribution in [2.24, 2.45) is 4.99 Å². The summed E-state index contributed by atoms with van der Waals surface area (Å²) in [5.74, 6) is 0.762. The third kappa shape index (κ3) is 5.70. The van der Waals surface area contributed by atoms with Crippen LogP contribution >= 0.6 is 27.7 Å². The second-order valence-corrected chi connectivity index (χ2v) is 8.86. The van der Waals surface area contributed by atoms with Gasteiger partial charge in [-0.3, -0.25) is 4.79 Å². The standard InChI is InChI=1S/C24H19BrN2O6S/c1-30-20-11-14(3-9-18(20)32-13-17-8-10-19(33-17)23(29)31-2)12-21-22(28)27-24(34-21)26-16-6-4-15(25)5-7-16/h3-12H,13H2,1-2H3,(H,26,27,28). The zero-order valence-corrected chi connectivity index (χ0v) is 20.6. The van der Waals surface area contributed by atoms with Crippen LogP contribution in [0.15, 0.2) is 73.4 Å². The van der Waals surface area contributed by atoms with Gasteiger partial charge in [0.05, 0.1) is 24.8 Å². The molecule has 1 aliphatic heterocycles. The maximum atomic E-state index is 12.4. The molecule has 0 spiro atoms. The Morgan fingerprint density at radius 1 is 1.12 bits per heavy atom. The molecule has 2 heterocycles. The summed E-state index contributed by atoms with van der Waals surface area (Å²) in [4.78, 5) is 28.9. The number of carbonyl (C=O) groups excluding carboxylic acids is 2.